The number of aromatic nitrogens is 1. The molecule has 1 unspecified atom stereocenters. The first-order chi connectivity index (χ1) is 17.6. The molecule has 0 saturated carbocycles. The summed E-state index contributed by atoms with van der Waals surface area (Å²) in [5.41, 5.74) is -1.13. The summed E-state index contributed by atoms with van der Waals surface area (Å²) in [6.45, 7) is 4.89. The third-order valence-electron chi connectivity index (χ3n) is 6.09. The van der Waals surface area contributed by atoms with Crippen LogP contribution in [0.3, 0.4) is 0 Å². The van der Waals surface area contributed by atoms with Crippen LogP contribution in [0.4, 0.5) is 15.8 Å². The van der Waals surface area contributed by atoms with Crippen molar-refractivity contribution in [1.29, 1.82) is 0 Å². The molecular weight excluding hydrogens is 483 g/mol. The fraction of sp³-hybridized carbons (Fsp3) is 0.308. The summed E-state index contributed by atoms with van der Waals surface area (Å²) in [6, 6.07) is 7.49. The topological polar surface area (TPSA) is 130 Å². The van der Waals surface area contributed by atoms with Crippen LogP contribution in [0.5, 0.6) is 5.75 Å². The molecule has 2 heterocycles. The number of pyridine rings is 1. The van der Waals surface area contributed by atoms with Crippen LogP contribution in [0.15, 0.2) is 41.3 Å². The van der Waals surface area contributed by atoms with E-state index in [-0.39, 0.29) is 57.8 Å². The Morgan fingerprint density at radius 3 is 2.54 bits per heavy atom. The number of ether oxygens (including phenoxy) is 1. The summed E-state index contributed by atoms with van der Waals surface area (Å²) in [4.78, 5) is 51.5. The Morgan fingerprint density at radius 1 is 1.16 bits per heavy atom. The van der Waals surface area contributed by atoms with E-state index in [1.807, 2.05) is 0 Å². The van der Waals surface area contributed by atoms with Crippen molar-refractivity contribution in [2.45, 2.75) is 33.2 Å². The number of hydrogen-bond donors (Lipinski definition) is 3. The van der Waals surface area contributed by atoms with Crippen molar-refractivity contribution < 1.29 is 28.6 Å². The molecule has 3 aromatic rings. The number of carbonyl (C=O) groups is 3. The van der Waals surface area contributed by atoms with Crippen LogP contribution in [-0.2, 0) is 14.3 Å². The standard InChI is InChI=1S/C26H27FN4O6/c1-4-37-26(36)17-13-31(18-7-5-6-8-21(18)34)19-11-20(30-10-9-16(12-30)28-14(2)32)23(27)24(29-15(3)33)22(19)25(17)35/h5-8,11,13,16,34H,4,9-10,12H2,1-3H3,(H,28,32)(H,29,33). The molecule has 194 valence electrons. The predicted molar refractivity (Wildman–Crippen MR) is 136 cm³/mol. The Hall–Kier alpha value is -4.41. The van der Waals surface area contributed by atoms with Gasteiger partial charge in [0.05, 0.1) is 34.6 Å². The van der Waals surface area contributed by atoms with E-state index in [4.69, 9.17) is 4.74 Å². The third-order valence-corrected chi connectivity index (χ3v) is 6.09. The van der Waals surface area contributed by atoms with Crippen LogP contribution in [0, 0.1) is 5.82 Å². The van der Waals surface area contributed by atoms with Crippen LogP contribution in [0.1, 0.15) is 37.6 Å². The predicted octanol–water partition coefficient (Wildman–Crippen LogP) is 2.69. The quantitative estimate of drug-likeness (QED) is 0.435. The highest BCUT2D eigenvalue weighted by Crippen LogP contribution is 2.36. The lowest BCUT2D eigenvalue weighted by atomic mass is 10.1. The number of aromatic hydroxyl groups is 1. The zero-order valence-electron chi connectivity index (χ0n) is 20.6. The summed E-state index contributed by atoms with van der Waals surface area (Å²) in [5, 5.41) is 15.6. The first-order valence-electron chi connectivity index (χ1n) is 11.8. The molecule has 1 saturated heterocycles. The Bertz CT molecular complexity index is 1470. The van der Waals surface area contributed by atoms with E-state index in [1.54, 1.807) is 30.0 Å². The van der Waals surface area contributed by atoms with E-state index in [2.05, 4.69) is 10.6 Å². The second kappa shape index (κ2) is 10.3. The van der Waals surface area contributed by atoms with Gasteiger partial charge in [0, 0.05) is 39.2 Å². The van der Waals surface area contributed by atoms with Gasteiger partial charge in [0.25, 0.3) is 0 Å². The summed E-state index contributed by atoms with van der Waals surface area (Å²) in [6.07, 6.45) is 1.81. The molecule has 0 spiro atoms. The number of phenols is 1. The normalized spacial score (nSPS) is 15.0. The number of carbonyl (C=O) groups excluding carboxylic acids is 3. The number of fused-ring (bicyclic) bond motifs is 1. The number of amides is 2. The molecule has 3 N–H and O–H groups in total. The molecule has 1 fully saturated rings. The van der Waals surface area contributed by atoms with Crippen molar-refractivity contribution >= 4 is 40.1 Å². The monoisotopic (exact) mass is 510 g/mol. The van der Waals surface area contributed by atoms with Crippen molar-refractivity contribution in [1.82, 2.24) is 9.88 Å². The lowest BCUT2D eigenvalue weighted by molar-refractivity contribution is -0.119. The van der Waals surface area contributed by atoms with E-state index in [1.165, 1.54) is 36.7 Å². The van der Waals surface area contributed by atoms with Gasteiger partial charge in [-0.15, -0.1) is 0 Å². The molecule has 11 heteroatoms. The van der Waals surface area contributed by atoms with Gasteiger partial charge in [-0.25, -0.2) is 9.18 Å². The molecule has 0 bridgehead atoms. The van der Waals surface area contributed by atoms with Gasteiger partial charge in [-0.2, -0.15) is 0 Å². The zero-order chi connectivity index (χ0) is 26.9. The number of phenolic OH excluding ortho intramolecular Hbond substituents is 1. The number of rotatable bonds is 6. The Labute approximate surface area is 211 Å². The summed E-state index contributed by atoms with van der Waals surface area (Å²) in [5.74, 6) is -2.75. The highest BCUT2D eigenvalue weighted by Gasteiger charge is 2.30. The molecule has 1 aliphatic heterocycles. The molecule has 2 aromatic carbocycles. The van der Waals surface area contributed by atoms with Crippen molar-refractivity contribution in [2.24, 2.45) is 0 Å². The van der Waals surface area contributed by atoms with Gasteiger partial charge in [-0.3, -0.25) is 14.4 Å². The van der Waals surface area contributed by atoms with Crippen molar-refractivity contribution in [3.8, 4) is 11.4 Å². The first kappa shape index (κ1) is 25.7. The zero-order valence-corrected chi connectivity index (χ0v) is 20.6. The van der Waals surface area contributed by atoms with E-state index in [9.17, 15) is 24.3 Å². The first-order valence-corrected chi connectivity index (χ1v) is 11.8. The minimum atomic E-state index is -0.922. The second-order valence-corrected chi connectivity index (χ2v) is 8.74. The molecule has 1 atom stereocenters. The van der Waals surface area contributed by atoms with E-state index < -0.39 is 23.1 Å². The molecule has 0 radical (unpaired) electrons. The van der Waals surface area contributed by atoms with Crippen LogP contribution in [0.2, 0.25) is 0 Å². The molecule has 2 amide bonds. The highest BCUT2D eigenvalue weighted by atomic mass is 19.1. The molecule has 1 aliphatic rings. The van der Waals surface area contributed by atoms with E-state index >= 15 is 4.39 Å². The number of esters is 1. The third kappa shape index (κ3) is 4.97. The average Bonchev–Trinajstić information content (AvgIpc) is 3.28. The van der Waals surface area contributed by atoms with Crippen LogP contribution >= 0.6 is 0 Å². The number of para-hydroxylation sites is 2. The number of hydrogen-bond acceptors (Lipinski definition) is 7. The maximum absolute atomic E-state index is 16.0. The van der Waals surface area contributed by atoms with Crippen LogP contribution in [-0.4, -0.2) is 53.2 Å². The molecular formula is C26H27FN4O6. The second-order valence-electron chi connectivity index (χ2n) is 8.74. The van der Waals surface area contributed by atoms with E-state index in [0.29, 0.717) is 19.5 Å². The SMILES string of the molecule is CCOC(=O)c1cn(-c2ccccc2O)c2cc(N3CCC(NC(C)=O)C3)c(F)c(NC(C)=O)c2c1=O. The highest BCUT2D eigenvalue weighted by molar-refractivity contribution is 6.05. The van der Waals surface area contributed by atoms with E-state index in [0.717, 1.165) is 0 Å². The average molecular weight is 511 g/mol. The van der Waals surface area contributed by atoms with Gasteiger partial charge >= 0.3 is 5.97 Å². The van der Waals surface area contributed by atoms with Crippen LogP contribution in [0.25, 0.3) is 16.6 Å². The number of halogens is 1. The van der Waals surface area contributed by atoms with Gasteiger partial charge in [-0.1, -0.05) is 12.1 Å². The fourth-order valence-electron chi connectivity index (χ4n) is 4.57. The number of nitrogens with zero attached hydrogens (tertiary/aromatic N) is 2. The minimum absolute atomic E-state index is 0.00315. The maximum Gasteiger partial charge on any atom is 0.343 e. The van der Waals surface area contributed by atoms with Gasteiger partial charge in [0.15, 0.2) is 5.82 Å². The number of benzene rings is 2. The van der Waals surface area contributed by atoms with Gasteiger partial charge in [0.2, 0.25) is 17.2 Å². The summed E-state index contributed by atoms with van der Waals surface area (Å²) < 4.78 is 22.5. The van der Waals surface area contributed by atoms with Crippen molar-refractivity contribution in [3.63, 3.8) is 0 Å². The Kier molecular flexibility index (Phi) is 7.14. The lowest BCUT2D eigenvalue weighted by Gasteiger charge is -2.24. The van der Waals surface area contributed by atoms with Crippen molar-refractivity contribution in [2.75, 3.05) is 29.9 Å². The summed E-state index contributed by atoms with van der Waals surface area (Å²) in [7, 11) is 0. The minimum Gasteiger partial charge on any atom is -0.506 e. The van der Waals surface area contributed by atoms with Gasteiger partial charge in [-0.05, 0) is 31.5 Å². The van der Waals surface area contributed by atoms with Gasteiger partial charge < -0.3 is 29.9 Å². The largest absolute Gasteiger partial charge is 0.506 e. The molecule has 1 aromatic heterocycles. The fourth-order valence-corrected chi connectivity index (χ4v) is 4.57. The van der Waals surface area contributed by atoms with Crippen LogP contribution < -0.4 is 21.0 Å². The Balaban J connectivity index is 2.05. The molecule has 10 nitrogen and oxygen atoms in total. The molecule has 37 heavy (non-hydrogen) atoms. The molecule has 4 rings (SSSR count). The lowest BCUT2D eigenvalue weighted by Crippen LogP contribution is -2.35. The smallest absolute Gasteiger partial charge is 0.343 e. The Morgan fingerprint density at radius 2 is 1.89 bits per heavy atom. The maximum atomic E-state index is 16.0. The number of anilines is 2. The number of nitrogens with one attached hydrogen (secondary N) is 2. The molecule has 0 aliphatic carbocycles. The van der Waals surface area contributed by atoms with Gasteiger partial charge in [0.1, 0.15) is 11.3 Å². The summed E-state index contributed by atoms with van der Waals surface area (Å²) >= 11 is 0. The van der Waals surface area contributed by atoms with Crippen molar-refractivity contribution in [3.05, 3.63) is 58.1 Å².